The molecule has 0 saturated carbocycles. The summed E-state index contributed by atoms with van der Waals surface area (Å²) in [6, 6.07) is 5.47. The lowest BCUT2D eigenvalue weighted by molar-refractivity contribution is 0.0608. The first-order chi connectivity index (χ1) is 9.46. The van der Waals surface area contributed by atoms with E-state index in [-0.39, 0.29) is 11.6 Å². The van der Waals surface area contributed by atoms with Gasteiger partial charge in [0.15, 0.2) is 0 Å². The van der Waals surface area contributed by atoms with Gasteiger partial charge in [0.1, 0.15) is 0 Å². The summed E-state index contributed by atoms with van der Waals surface area (Å²) in [7, 11) is 0. The molecule has 3 nitrogen and oxygen atoms in total. The fraction of sp³-hybridized carbons (Fsp3) is 0.600. The largest absolute Gasteiger partial charge is 0.296 e. The van der Waals surface area contributed by atoms with Crippen molar-refractivity contribution in [1.82, 2.24) is 10.3 Å². The van der Waals surface area contributed by atoms with Gasteiger partial charge < -0.3 is 0 Å². The Morgan fingerprint density at radius 3 is 2.45 bits per heavy atom. The van der Waals surface area contributed by atoms with Gasteiger partial charge in [0.25, 0.3) is 0 Å². The van der Waals surface area contributed by atoms with Gasteiger partial charge in [0.2, 0.25) is 0 Å². The van der Waals surface area contributed by atoms with E-state index < -0.39 is 0 Å². The van der Waals surface area contributed by atoms with Gasteiger partial charge in [0.05, 0.1) is 6.04 Å². The molecule has 0 aliphatic carbocycles. The second kappa shape index (κ2) is 6.63. The Labute approximate surface area is 131 Å². The average Bonchev–Trinajstić information content (AvgIpc) is 2.44. The number of rotatable bonds is 4. The number of hydrogen-bond acceptors (Lipinski definition) is 3. The van der Waals surface area contributed by atoms with Crippen molar-refractivity contribution in [2.45, 2.75) is 44.7 Å². The average molecular weight is 316 g/mol. The molecular weight excluding hydrogens is 293 g/mol. The summed E-state index contributed by atoms with van der Waals surface area (Å²) in [6.07, 6.45) is 3.79. The van der Waals surface area contributed by atoms with Crippen molar-refractivity contribution >= 4 is 23.2 Å². The molecule has 0 radical (unpaired) electrons. The Bertz CT molecular complexity index is 456. The molecule has 0 bridgehead atoms. The van der Waals surface area contributed by atoms with E-state index in [4.69, 9.17) is 29.0 Å². The molecule has 1 unspecified atom stereocenters. The van der Waals surface area contributed by atoms with Gasteiger partial charge in [-0.1, -0.05) is 29.6 Å². The SMILES string of the molecule is CC(C)(C(NN)c1cc(Cl)ccc1Cl)N1CCCCC1. The zero-order valence-corrected chi connectivity index (χ0v) is 13.6. The molecule has 1 aliphatic heterocycles. The Hall–Kier alpha value is -0.320. The molecule has 0 spiro atoms. The van der Waals surface area contributed by atoms with E-state index in [1.54, 1.807) is 6.07 Å². The van der Waals surface area contributed by atoms with E-state index in [0.717, 1.165) is 18.7 Å². The van der Waals surface area contributed by atoms with Gasteiger partial charge in [-0.15, -0.1) is 0 Å². The predicted molar refractivity (Wildman–Crippen MR) is 86.0 cm³/mol. The normalized spacial score (nSPS) is 19.1. The zero-order chi connectivity index (χ0) is 14.8. The molecule has 1 aliphatic rings. The minimum absolute atomic E-state index is 0.0631. The van der Waals surface area contributed by atoms with Crippen LogP contribution in [0.15, 0.2) is 18.2 Å². The fourth-order valence-corrected chi connectivity index (χ4v) is 3.47. The summed E-state index contributed by atoms with van der Waals surface area (Å²) in [5, 5.41) is 1.38. The summed E-state index contributed by atoms with van der Waals surface area (Å²) >= 11 is 12.5. The Balaban J connectivity index is 2.32. The number of hydrazine groups is 1. The van der Waals surface area contributed by atoms with Crippen molar-refractivity contribution in [2.75, 3.05) is 13.1 Å². The van der Waals surface area contributed by atoms with Crippen LogP contribution >= 0.6 is 23.2 Å². The second-order valence-corrected chi connectivity index (χ2v) is 6.81. The van der Waals surface area contributed by atoms with Gasteiger partial charge in [-0.3, -0.25) is 16.2 Å². The standard InChI is InChI=1S/C15H23Cl2N3/c1-15(2,20-8-4-3-5-9-20)14(19-18)12-10-11(16)6-7-13(12)17/h6-7,10,14,19H,3-5,8-9,18H2,1-2H3. The van der Waals surface area contributed by atoms with Crippen LogP contribution in [-0.2, 0) is 0 Å². The maximum atomic E-state index is 6.34. The van der Waals surface area contributed by atoms with Crippen molar-refractivity contribution < 1.29 is 0 Å². The minimum atomic E-state index is -0.122. The van der Waals surface area contributed by atoms with Crippen LogP contribution in [0.1, 0.15) is 44.7 Å². The molecule has 1 saturated heterocycles. The van der Waals surface area contributed by atoms with Crippen LogP contribution < -0.4 is 11.3 Å². The van der Waals surface area contributed by atoms with Crippen LogP contribution in [0.25, 0.3) is 0 Å². The minimum Gasteiger partial charge on any atom is -0.296 e. The Kier molecular flexibility index (Phi) is 5.32. The van der Waals surface area contributed by atoms with E-state index in [0.29, 0.717) is 10.0 Å². The van der Waals surface area contributed by atoms with Crippen LogP contribution in [0.4, 0.5) is 0 Å². The number of nitrogens with two attached hydrogens (primary N) is 1. The Morgan fingerprint density at radius 2 is 1.85 bits per heavy atom. The lowest BCUT2D eigenvalue weighted by Crippen LogP contribution is -2.55. The molecule has 1 heterocycles. The van der Waals surface area contributed by atoms with Crippen LogP contribution in [0.5, 0.6) is 0 Å². The highest BCUT2D eigenvalue weighted by Gasteiger charge is 2.37. The van der Waals surface area contributed by atoms with Crippen molar-refractivity contribution in [3.8, 4) is 0 Å². The van der Waals surface area contributed by atoms with E-state index in [1.807, 2.05) is 12.1 Å². The van der Waals surface area contributed by atoms with E-state index in [1.165, 1.54) is 19.3 Å². The number of nitrogens with zero attached hydrogens (tertiary/aromatic N) is 1. The zero-order valence-electron chi connectivity index (χ0n) is 12.1. The third kappa shape index (κ3) is 3.29. The quantitative estimate of drug-likeness (QED) is 0.656. The molecule has 0 amide bonds. The topological polar surface area (TPSA) is 41.3 Å². The highest BCUT2D eigenvalue weighted by molar-refractivity contribution is 6.33. The van der Waals surface area contributed by atoms with Crippen molar-refractivity contribution in [3.05, 3.63) is 33.8 Å². The van der Waals surface area contributed by atoms with Gasteiger partial charge in [-0.25, -0.2) is 0 Å². The lowest BCUT2D eigenvalue weighted by atomic mass is 9.86. The molecule has 1 aromatic rings. The molecule has 1 atom stereocenters. The number of halogens is 2. The van der Waals surface area contributed by atoms with Gasteiger partial charge >= 0.3 is 0 Å². The summed E-state index contributed by atoms with van der Waals surface area (Å²) in [4.78, 5) is 2.48. The third-order valence-electron chi connectivity index (χ3n) is 4.31. The first-order valence-corrected chi connectivity index (χ1v) is 7.88. The second-order valence-electron chi connectivity index (χ2n) is 5.97. The maximum Gasteiger partial charge on any atom is 0.0653 e. The van der Waals surface area contributed by atoms with Crippen LogP contribution in [-0.4, -0.2) is 23.5 Å². The molecule has 20 heavy (non-hydrogen) atoms. The van der Waals surface area contributed by atoms with Gasteiger partial charge in [-0.2, -0.15) is 0 Å². The van der Waals surface area contributed by atoms with Gasteiger partial charge in [-0.05, 0) is 63.5 Å². The highest BCUT2D eigenvalue weighted by atomic mass is 35.5. The maximum absolute atomic E-state index is 6.34. The van der Waals surface area contributed by atoms with Gasteiger partial charge in [0, 0.05) is 15.6 Å². The van der Waals surface area contributed by atoms with Crippen molar-refractivity contribution in [1.29, 1.82) is 0 Å². The van der Waals surface area contributed by atoms with Crippen molar-refractivity contribution in [2.24, 2.45) is 5.84 Å². The number of benzene rings is 1. The van der Waals surface area contributed by atoms with E-state index >= 15 is 0 Å². The monoisotopic (exact) mass is 315 g/mol. The molecule has 5 heteroatoms. The van der Waals surface area contributed by atoms with Crippen LogP contribution in [0.2, 0.25) is 10.0 Å². The van der Waals surface area contributed by atoms with Crippen LogP contribution in [0, 0.1) is 0 Å². The third-order valence-corrected chi connectivity index (χ3v) is 4.89. The van der Waals surface area contributed by atoms with E-state index in [9.17, 15) is 0 Å². The Morgan fingerprint density at radius 1 is 1.20 bits per heavy atom. The molecule has 1 aromatic carbocycles. The summed E-state index contributed by atoms with van der Waals surface area (Å²) in [5.74, 6) is 5.84. The number of piperidine rings is 1. The van der Waals surface area contributed by atoms with Crippen molar-refractivity contribution in [3.63, 3.8) is 0 Å². The highest BCUT2D eigenvalue weighted by Crippen LogP contribution is 2.36. The fourth-order valence-electron chi connectivity index (χ4n) is 3.06. The smallest absolute Gasteiger partial charge is 0.0653 e. The van der Waals surface area contributed by atoms with Crippen LogP contribution in [0.3, 0.4) is 0 Å². The molecule has 1 fully saturated rings. The summed E-state index contributed by atoms with van der Waals surface area (Å²) in [5.41, 5.74) is 3.77. The molecule has 2 rings (SSSR count). The number of nitrogens with one attached hydrogen (secondary N) is 1. The first kappa shape index (κ1) is 16.1. The lowest BCUT2D eigenvalue weighted by Gasteiger charge is -2.46. The number of likely N-dealkylation sites (tertiary alicyclic amines) is 1. The predicted octanol–water partition coefficient (Wildman–Crippen LogP) is 3.76. The molecule has 112 valence electrons. The first-order valence-electron chi connectivity index (χ1n) is 7.13. The van der Waals surface area contributed by atoms with E-state index in [2.05, 4.69) is 24.2 Å². The molecule has 0 aromatic heterocycles. The molecule has 3 N–H and O–H groups in total. The number of hydrogen-bond donors (Lipinski definition) is 2. The summed E-state index contributed by atoms with van der Waals surface area (Å²) in [6.45, 7) is 6.62. The molecular formula is C15H23Cl2N3. The summed E-state index contributed by atoms with van der Waals surface area (Å²) < 4.78 is 0.